The van der Waals surface area contributed by atoms with Gasteiger partial charge in [0.1, 0.15) is 5.75 Å². The first kappa shape index (κ1) is 21.6. The number of methoxy groups -OCH3 is 1. The van der Waals surface area contributed by atoms with Gasteiger partial charge in [-0.3, -0.25) is 4.79 Å². The molecule has 158 valence electrons. The quantitative estimate of drug-likeness (QED) is 0.524. The normalized spacial score (nSPS) is 12.1. The number of aryl methyl sites for hydroxylation is 1. The van der Waals surface area contributed by atoms with E-state index in [2.05, 4.69) is 36.1 Å². The zero-order valence-corrected chi connectivity index (χ0v) is 18.3. The SMILES string of the molecule is COc1ccc(C(C)N(C)C(=O)CCc2nc(-c3ccc(C(C)C)cc3)no2)cc1. The number of rotatable bonds is 8. The maximum absolute atomic E-state index is 12.6. The van der Waals surface area contributed by atoms with E-state index in [1.165, 1.54) is 5.56 Å². The molecule has 3 rings (SSSR count). The molecule has 0 aliphatic heterocycles. The van der Waals surface area contributed by atoms with Crippen LogP contribution < -0.4 is 4.74 Å². The predicted molar refractivity (Wildman–Crippen MR) is 116 cm³/mol. The van der Waals surface area contributed by atoms with Crippen LogP contribution in [0.5, 0.6) is 5.75 Å². The number of carbonyl (C=O) groups is 1. The zero-order valence-electron chi connectivity index (χ0n) is 18.3. The molecule has 0 bridgehead atoms. The molecule has 1 heterocycles. The Kier molecular flexibility index (Phi) is 6.87. The van der Waals surface area contributed by atoms with Crippen LogP contribution in [0.25, 0.3) is 11.4 Å². The number of hydrogen-bond donors (Lipinski definition) is 0. The van der Waals surface area contributed by atoms with E-state index in [-0.39, 0.29) is 11.9 Å². The van der Waals surface area contributed by atoms with Crippen molar-refractivity contribution in [2.24, 2.45) is 0 Å². The average molecular weight is 408 g/mol. The van der Waals surface area contributed by atoms with Crippen molar-refractivity contribution in [2.45, 2.75) is 45.6 Å². The molecule has 0 spiro atoms. The fourth-order valence-electron chi connectivity index (χ4n) is 3.20. The molecule has 1 unspecified atom stereocenters. The molecule has 6 heteroatoms. The van der Waals surface area contributed by atoms with E-state index in [1.54, 1.807) is 12.0 Å². The van der Waals surface area contributed by atoms with Crippen LogP contribution >= 0.6 is 0 Å². The Bertz CT molecular complexity index is 962. The molecule has 0 saturated heterocycles. The second kappa shape index (κ2) is 9.57. The first-order chi connectivity index (χ1) is 14.4. The van der Waals surface area contributed by atoms with Crippen molar-refractivity contribution in [1.82, 2.24) is 15.0 Å². The van der Waals surface area contributed by atoms with E-state index < -0.39 is 0 Å². The minimum Gasteiger partial charge on any atom is -0.497 e. The summed E-state index contributed by atoms with van der Waals surface area (Å²) < 4.78 is 10.5. The fraction of sp³-hybridized carbons (Fsp3) is 0.375. The van der Waals surface area contributed by atoms with Crippen molar-refractivity contribution in [3.8, 4) is 17.1 Å². The third-order valence-corrected chi connectivity index (χ3v) is 5.43. The van der Waals surface area contributed by atoms with Gasteiger partial charge in [0, 0.05) is 25.5 Å². The van der Waals surface area contributed by atoms with Crippen molar-refractivity contribution in [3.63, 3.8) is 0 Å². The summed E-state index contributed by atoms with van der Waals surface area (Å²) in [5.74, 6) is 2.32. The van der Waals surface area contributed by atoms with Crippen molar-refractivity contribution < 1.29 is 14.1 Å². The summed E-state index contributed by atoms with van der Waals surface area (Å²) in [6, 6.07) is 15.9. The number of carbonyl (C=O) groups excluding carboxylic acids is 1. The highest BCUT2D eigenvalue weighted by Gasteiger charge is 2.19. The van der Waals surface area contributed by atoms with Crippen molar-refractivity contribution in [3.05, 3.63) is 65.5 Å². The van der Waals surface area contributed by atoms with E-state index in [1.807, 2.05) is 50.4 Å². The molecule has 6 nitrogen and oxygen atoms in total. The summed E-state index contributed by atoms with van der Waals surface area (Å²) >= 11 is 0. The minimum atomic E-state index is -0.0406. The molecule has 0 N–H and O–H groups in total. The van der Waals surface area contributed by atoms with Gasteiger partial charge in [-0.05, 0) is 36.1 Å². The van der Waals surface area contributed by atoms with Crippen LogP contribution in [0.1, 0.15) is 56.2 Å². The Hall–Kier alpha value is -3.15. The second-order valence-corrected chi connectivity index (χ2v) is 7.74. The van der Waals surface area contributed by atoms with Gasteiger partial charge in [0.25, 0.3) is 0 Å². The summed E-state index contributed by atoms with van der Waals surface area (Å²) in [5, 5.41) is 4.06. The Morgan fingerprint density at radius 2 is 1.67 bits per heavy atom. The molecule has 0 saturated carbocycles. The van der Waals surface area contributed by atoms with Crippen molar-refractivity contribution >= 4 is 5.91 Å². The zero-order chi connectivity index (χ0) is 21.7. The molecule has 1 amide bonds. The molecular weight excluding hydrogens is 378 g/mol. The van der Waals surface area contributed by atoms with Crippen LogP contribution in [0.3, 0.4) is 0 Å². The summed E-state index contributed by atoms with van der Waals surface area (Å²) in [6.45, 7) is 6.32. The van der Waals surface area contributed by atoms with Gasteiger partial charge in [0.05, 0.1) is 13.2 Å². The van der Waals surface area contributed by atoms with Crippen LogP contribution in [-0.2, 0) is 11.2 Å². The van der Waals surface area contributed by atoms with Gasteiger partial charge < -0.3 is 14.2 Å². The molecule has 0 radical (unpaired) electrons. The van der Waals surface area contributed by atoms with Crippen LogP contribution in [0.2, 0.25) is 0 Å². The summed E-state index contributed by atoms with van der Waals surface area (Å²) in [4.78, 5) is 18.8. The first-order valence-electron chi connectivity index (χ1n) is 10.2. The van der Waals surface area contributed by atoms with Gasteiger partial charge in [0.15, 0.2) is 0 Å². The van der Waals surface area contributed by atoms with E-state index in [9.17, 15) is 4.79 Å². The molecule has 1 aromatic heterocycles. The number of amides is 1. The van der Waals surface area contributed by atoms with E-state index in [4.69, 9.17) is 9.26 Å². The number of ether oxygens (including phenoxy) is 1. The van der Waals surface area contributed by atoms with Gasteiger partial charge in [-0.25, -0.2) is 0 Å². The summed E-state index contributed by atoms with van der Waals surface area (Å²) in [7, 11) is 3.45. The monoisotopic (exact) mass is 407 g/mol. The lowest BCUT2D eigenvalue weighted by atomic mass is 10.0. The van der Waals surface area contributed by atoms with Gasteiger partial charge in [0.2, 0.25) is 17.6 Å². The average Bonchev–Trinajstić information content (AvgIpc) is 3.25. The van der Waals surface area contributed by atoms with Crippen LogP contribution in [-0.4, -0.2) is 35.1 Å². The fourth-order valence-corrected chi connectivity index (χ4v) is 3.20. The smallest absolute Gasteiger partial charge is 0.227 e. The highest BCUT2D eigenvalue weighted by molar-refractivity contribution is 5.76. The molecule has 30 heavy (non-hydrogen) atoms. The molecule has 0 fully saturated rings. The Morgan fingerprint density at radius 1 is 1.03 bits per heavy atom. The molecule has 2 aromatic carbocycles. The topological polar surface area (TPSA) is 68.5 Å². The lowest BCUT2D eigenvalue weighted by Gasteiger charge is -2.25. The maximum Gasteiger partial charge on any atom is 0.227 e. The van der Waals surface area contributed by atoms with E-state index in [0.717, 1.165) is 16.9 Å². The number of benzene rings is 2. The minimum absolute atomic E-state index is 0.0272. The van der Waals surface area contributed by atoms with E-state index >= 15 is 0 Å². The van der Waals surface area contributed by atoms with Gasteiger partial charge in [-0.2, -0.15) is 4.98 Å². The summed E-state index contributed by atoms with van der Waals surface area (Å²) in [5.41, 5.74) is 3.23. The Balaban J connectivity index is 1.57. The molecule has 1 atom stereocenters. The highest BCUT2D eigenvalue weighted by Crippen LogP contribution is 2.23. The second-order valence-electron chi connectivity index (χ2n) is 7.74. The van der Waals surface area contributed by atoms with Crippen molar-refractivity contribution in [1.29, 1.82) is 0 Å². The highest BCUT2D eigenvalue weighted by atomic mass is 16.5. The third kappa shape index (κ3) is 5.06. The lowest BCUT2D eigenvalue weighted by molar-refractivity contribution is -0.131. The van der Waals surface area contributed by atoms with Crippen LogP contribution in [0.15, 0.2) is 53.1 Å². The van der Waals surface area contributed by atoms with Gasteiger partial charge in [-0.1, -0.05) is 55.4 Å². The first-order valence-corrected chi connectivity index (χ1v) is 10.2. The Labute approximate surface area is 177 Å². The standard InChI is InChI=1S/C24H29N3O3/c1-16(2)18-6-8-20(9-7-18)24-25-22(30-26-24)14-15-23(28)27(4)17(3)19-10-12-21(29-5)13-11-19/h6-13,16-17H,14-15H2,1-5H3. The molecular formula is C24H29N3O3. The Morgan fingerprint density at radius 3 is 2.27 bits per heavy atom. The van der Waals surface area contributed by atoms with E-state index in [0.29, 0.717) is 30.5 Å². The van der Waals surface area contributed by atoms with Crippen LogP contribution in [0, 0.1) is 0 Å². The lowest BCUT2D eigenvalue weighted by Crippen LogP contribution is -2.29. The third-order valence-electron chi connectivity index (χ3n) is 5.43. The van der Waals surface area contributed by atoms with Crippen LogP contribution in [0.4, 0.5) is 0 Å². The number of aromatic nitrogens is 2. The van der Waals surface area contributed by atoms with Gasteiger partial charge in [-0.15, -0.1) is 0 Å². The largest absolute Gasteiger partial charge is 0.497 e. The molecule has 0 aliphatic rings. The van der Waals surface area contributed by atoms with Gasteiger partial charge >= 0.3 is 0 Å². The number of hydrogen-bond acceptors (Lipinski definition) is 5. The maximum atomic E-state index is 12.6. The molecule has 3 aromatic rings. The van der Waals surface area contributed by atoms with Crippen molar-refractivity contribution in [2.75, 3.05) is 14.2 Å². The number of nitrogens with zero attached hydrogens (tertiary/aromatic N) is 3. The molecule has 0 aliphatic carbocycles. The summed E-state index contributed by atoms with van der Waals surface area (Å²) in [6.07, 6.45) is 0.723. The predicted octanol–water partition coefficient (Wildman–Crippen LogP) is 5.02.